The molecule has 0 heterocycles. The Labute approximate surface area is 245 Å². The molecule has 8 unspecified atom stereocenters. The Morgan fingerprint density at radius 2 is 1.57 bits per heavy atom. The number of methoxy groups -OCH3 is 1. The summed E-state index contributed by atoms with van der Waals surface area (Å²) in [5.74, 6) is 2.27. The molecule has 0 aliphatic rings. The number of esters is 1. The molecule has 0 N–H and O–H groups in total. The average Bonchev–Trinajstić information content (AvgIpc) is 2.92. The van der Waals surface area contributed by atoms with Crippen LogP contribution in [0.5, 0.6) is 5.75 Å². The van der Waals surface area contributed by atoms with Crippen molar-refractivity contribution in [3.8, 4) is 5.75 Å². The summed E-state index contributed by atoms with van der Waals surface area (Å²) < 4.78 is 23.3. The number of carbonyl (C=O) groups is 1. The number of hydrogen-bond donors (Lipinski definition) is 0. The predicted molar refractivity (Wildman–Crippen MR) is 166 cm³/mol. The van der Waals surface area contributed by atoms with Gasteiger partial charge in [0.15, 0.2) is 0 Å². The Kier molecular flexibility index (Phi) is 16.8. The fraction of sp³-hybridized carbons (Fsp3) is 0.629. The molecule has 0 radical (unpaired) electrons. The number of carbonyl (C=O) groups excluding carboxylic acids is 1. The third-order valence-electron chi connectivity index (χ3n) is 8.05. The van der Waals surface area contributed by atoms with Crippen molar-refractivity contribution in [2.45, 2.75) is 87.5 Å². The fourth-order valence-corrected chi connectivity index (χ4v) is 5.58. The molecule has 0 spiro atoms. The first-order chi connectivity index (χ1) is 18.9. The number of ether oxygens (including phenoxy) is 4. The third-order valence-corrected chi connectivity index (χ3v) is 8.05. The van der Waals surface area contributed by atoms with Crippen LogP contribution in [0.4, 0.5) is 0 Å². The Morgan fingerprint density at radius 3 is 2.12 bits per heavy atom. The zero-order valence-electron chi connectivity index (χ0n) is 26.8. The van der Waals surface area contributed by atoms with Gasteiger partial charge in [-0.3, -0.25) is 4.79 Å². The maximum absolute atomic E-state index is 11.9. The van der Waals surface area contributed by atoms with E-state index < -0.39 is 0 Å². The van der Waals surface area contributed by atoms with Crippen LogP contribution in [-0.4, -0.2) is 38.5 Å². The molecule has 0 fully saturated rings. The molecule has 5 nitrogen and oxygen atoms in total. The lowest BCUT2D eigenvalue weighted by molar-refractivity contribution is -0.152. The van der Waals surface area contributed by atoms with Gasteiger partial charge in [0.1, 0.15) is 11.9 Å². The second kappa shape index (κ2) is 18.9. The van der Waals surface area contributed by atoms with Crippen LogP contribution in [0.1, 0.15) is 74.3 Å². The van der Waals surface area contributed by atoms with E-state index in [1.165, 1.54) is 12.5 Å². The highest BCUT2D eigenvalue weighted by molar-refractivity contribution is 5.66. The number of rotatable bonds is 19. The van der Waals surface area contributed by atoms with Gasteiger partial charge in [-0.05, 0) is 55.7 Å². The van der Waals surface area contributed by atoms with Crippen LogP contribution in [0, 0.1) is 35.5 Å². The highest BCUT2D eigenvalue weighted by Crippen LogP contribution is 2.33. The van der Waals surface area contributed by atoms with Crippen LogP contribution in [0.2, 0.25) is 0 Å². The van der Waals surface area contributed by atoms with E-state index in [0.717, 1.165) is 17.7 Å². The molecule has 5 heteroatoms. The van der Waals surface area contributed by atoms with Gasteiger partial charge < -0.3 is 18.9 Å². The lowest BCUT2D eigenvalue weighted by atomic mass is 9.76. The van der Waals surface area contributed by atoms with E-state index in [2.05, 4.69) is 74.1 Å². The fourth-order valence-electron chi connectivity index (χ4n) is 5.58. The van der Waals surface area contributed by atoms with Gasteiger partial charge in [-0.25, -0.2) is 0 Å². The van der Waals surface area contributed by atoms with E-state index in [0.29, 0.717) is 31.7 Å². The van der Waals surface area contributed by atoms with E-state index in [1.807, 2.05) is 30.3 Å². The molecule has 0 saturated carbocycles. The maximum Gasteiger partial charge on any atom is 0.302 e. The summed E-state index contributed by atoms with van der Waals surface area (Å²) >= 11 is 0. The van der Waals surface area contributed by atoms with Crippen molar-refractivity contribution in [2.75, 3.05) is 20.3 Å². The topological polar surface area (TPSA) is 54.0 Å². The molecular weight excluding hydrogens is 500 g/mol. The van der Waals surface area contributed by atoms with Gasteiger partial charge in [-0.1, -0.05) is 90.1 Å². The third kappa shape index (κ3) is 12.4. The molecule has 0 aromatic heterocycles. The van der Waals surface area contributed by atoms with Gasteiger partial charge in [0.25, 0.3) is 0 Å². The standard InChI is InChI=1S/C35H56O5/c1-12-14-15-25(4)35(40-31(10)36)30(9)29(8)26(5)20-24(3)21-27(6)34(39-13-2)28(7)22-38-23-32-16-18-33(37-11)19-17-32/h12,14-19,21,25-30,34-35H,1,13,20,22-23H2,2-11H3/b15-14-,24-21-. The maximum atomic E-state index is 11.9. The van der Waals surface area contributed by atoms with Gasteiger partial charge in [-0.15, -0.1) is 0 Å². The van der Waals surface area contributed by atoms with Crippen molar-refractivity contribution in [1.82, 2.24) is 0 Å². The summed E-state index contributed by atoms with van der Waals surface area (Å²) in [4.78, 5) is 11.9. The number of allylic oxidation sites excluding steroid dienone is 3. The Hall–Kier alpha value is -2.37. The molecule has 0 aliphatic heterocycles. The Morgan fingerprint density at radius 1 is 0.925 bits per heavy atom. The lowest BCUT2D eigenvalue weighted by Gasteiger charge is -2.35. The first-order valence-electron chi connectivity index (χ1n) is 14.9. The van der Waals surface area contributed by atoms with Gasteiger partial charge in [0, 0.05) is 31.3 Å². The van der Waals surface area contributed by atoms with Gasteiger partial charge in [0.2, 0.25) is 0 Å². The number of hydrogen-bond acceptors (Lipinski definition) is 5. The summed E-state index contributed by atoms with van der Waals surface area (Å²) in [5.41, 5.74) is 2.49. The van der Waals surface area contributed by atoms with Crippen LogP contribution in [0.25, 0.3) is 0 Å². The predicted octanol–water partition coefficient (Wildman–Crippen LogP) is 8.44. The van der Waals surface area contributed by atoms with E-state index in [4.69, 9.17) is 18.9 Å². The van der Waals surface area contributed by atoms with E-state index in [-0.39, 0.29) is 41.8 Å². The summed E-state index contributed by atoms with van der Waals surface area (Å²) in [5, 5.41) is 0. The average molecular weight is 557 g/mol. The van der Waals surface area contributed by atoms with E-state index >= 15 is 0 Å². The molecule has 226 valence electrons. The van der Waals surface area contributed by atoms with Crippen LogP contribution in [0.15, 0.2) is 60.7 Å². The van der Waals surface area contributed by atoms with Crippen LogP contribution in [-0.2, 0) is 25.6 Å². The SMILES string of the molecule is C=C/C=C\C(C)C(OC(C)=O)C(C)C(C)C(C)C/C(C)=C\C(C)C(OCC)C(C)COCc1ccc(OC)cc1. The molecule has 0 saturated heterocycles. The van der Waals surface area contributed by atoms with Crippen LogP contribution in [0.3, 0.4) is 0 Å². The minimum atomic E-state index is -0.232. The Bertz CT molecular complexity index is 918. The van der Waals surface area contributed by atoms with Crippen molar-refractivity contribution in [1.29, 1.82) is 0 Å². The molecule has 1 rings (SSSR count). The normalized spacial score (nSPS) is 18.3. The van der Waals surface area contributed by atoms with Gasteiger partial charge >= 0.3 is 5.97 Å². The molecule has 40 heavy (non-hydrogen) atoms. The molecule has 0 aliphatic carbocycles. The largest absolute Gasteiger partial charge is 0.497 e. The smallest absolute Gasteiger partial charge is 0.302 e. The zero-order valence-corrected chi connectivity index (χ0v) is 26.8. The summed E-state index contributed by atoms with van der Waals surface area (Å²) in [6, 6.07) is 7.99. The van der Waals surface area contributed by atoms with Crippen LogP contribution < -0.4 is 4.74 Å². The Balaban J connectivity index is 2.80. The molecule has 8 atom stereocenters. The minimum absolute atomic E-state index is 0.0771. The first kappa shape index (κ1) is 35.7. The molecule has 0 amide bonds. The van der Waals surface area contributed by atoms with Crippen molar-refractivity contribution < 1.29 is 23.7 Å². The molecule has 1 aromatic rings. The van der Waals surface area contributed by atoms with Crippen molar-refractivity contribution in [2.24, 2.45) is 35.5 Å². The van der Waals surface area contributed by atoms with Crippen molar-refractivity contribution >= 4 is 5.97 Å². The zero-order chi connectivity index (χ0) is 30.2. The summed E-state index contributed by atoms with van der Waals surface area (Å²) in [6.07, 6.45) is 9.02. The lowest BCUT2D eigenvalue weighted by Crippen LogP contribution is -2.35. The van der Waals surface area contributed by atoms with Crippen molar-refractivity contribution in [3.63, 3.8) is 0 Å². The number of benzene rings is 1. The van der Waals surface area contributed by atoms with Gasteiger partial charge in [-0.2, -0.15) is 0 Å². The van der Waals surface area contributed by atoms with Crippen molar-refractivity contribution in [3.05, 3.63) is 66.3 Å². The second-order valence-corrected chi connectivity index (χ2v) is 11.6. The minimum Gasteiger partial charge on any atom is -0.497 e. The monoisotopic (exact) mass is 556 g/mol. The molecular formula is C35H56O5. The van der Waals surface area contributed by atoms with E-state index in [9.17, 15) is 4.79 Å². The van der Waals surface area contributed by atoms with Gasteiger partial charge in [0.05, 0.1) is 26.4 Å². The molecule has 1 aromatic carbocycles. The molecule has 0 bridgehead atoms. The van der Waals surface area contributed by atoms with E-state index in [1.54, 1.807) is 13.2 Å². The quantitative estimate of drug-likeness (QED) is 0.0972. The summed E-state index contributed by atoms with van der Waals surface area (Å²) in [7, 11) is 1.67. The second-order valence-electron chi connectivity index (χ2n) is 11.6. The summed E-state index contributed by atoms with van der Waals surface area (Å²) in [6.45, 7) is 24.7. The van der Waals surface area contributed by atoms with Crippen LogP contribution >= 0.6 is 0 Å². The first-order valence-corrected chi connectivity index (χ1v) is 14.9. The highest BCUT2D eigenvalue weighted by Gasteiger charge is 2.32. The highest BCUT2D eigenvalue weighted by atomic mass is 16.5.